The summed E-state index contributed by atoms with van der Waals surface area (Å²) in [7, 11) is 1.88. The van der Waals surface area contributed by atoms with E-state index in [0.717, 1.165) is 33.5 Å². The molecule has 0 atom stereocenters. The number of aryl methyl sites for hydroxylation is 2. The summed E-state index contributed by atoms with van der Waals surface area (Å²) in [4.78, 5) is 17.0. The zero-order valence-electron chi connectivity index (χ0n) is 16.2. The molecule has 0 unspecified atom stereocenters. The number of benzene rings is 1. The summed E-state index contributed by atoms with van der Waals surface area (Å²) < 4.78 is 3.46. The van der Waals surface area contributed by atoms with Gasteiger partial charge in [0.05, 0.1) is 11.9 Å². The van der Waals surface area contributed by atoms with Crippen LogP contribution in [-0.2, 0) is 24.9 Å². The molecule has 0 radical (unpaired) electrons. The standard InChI is InChI=1S/C21H22N6O/c1-14-20-18(16-7-5-4-6-8-16)9-10-22-21(20)27(25-14)13-19(28)23-11-17-12-24-26(3)15(17)2/h4-10,12H,11,13H2,1-3H3,(H,23,28). The van der Waals surface area contributed by atoms with Gasteiger partial charge in [0.15, 0.2) is 5.65 Å². The Bertz CT molecular complexity index is 1140. The predicted octanol–water partition coefficient (Wildman–Crippen LogP) is 2.77. The Labute approximate surface area is 163 Å². The molecule has 0 aliphatic heterocycles. The minimum Gasteiger partial charge on any atom is -0.350 e. The van der Waals surface area contributed by atoms with Crippen molar-refractivity contribution in [1.29, 1.82) is 0 Å². The molecule has 0 fully saturated rings. The molecule has 3 aromatic heterocycles. The molecule has 3 heterocycles. The Morgan fingerprint density at radius 3 is 2.64 bits per heavy atom. The molecule has 0 saturated carbocycles. The van der Waals surface area contributed by atoms with Gasteiger partial charge in [-0.3, -0.25) is 9.48 Å². The normalized spacial score (nSPS) is 11.1. The Kier molecular flexibility index (Phi) is 4.65. The highest BCUT2D eigenvalue weighted by Gasteiger charge is 2.16. The lowest BCUT2D eigenvalue weighted by Gasteiger charge is -2.07. The first-order valence-corrected chi connectivity index (χ1v) is 9.16. The summed E-state index contributed by atoms with van der Waals surface area (Å²) in [5.74, 6) is -0.112. The van der Waals surface area contributed by atoms with Gasteiger partial charge >= 0.3 is 0 Å². The molecular formula is C21H22N6O. The smallest absolute Gasteiger partial charge is 0.242 e. The molecule has 142 valence electrons. The molecule has 0 aliphatic carbocycles. The number of nitrogens with one attached hydrogen (secondary N) is 1. The second-order valence-electron chi connectivity index (χ2n) is 6.82. The molecule has 1 aromatic carbocycles. The maximum Gasteiger partial charge on any atom is 0.242 e. The van der Waals surface area contributed by atoms with Gasteiger partial charge in [-0.05, 0) is 31.0 Å². The van der Waals surface area contributed by atoms with Gasteiger partial charge < -0.3 is 5.32 Å². The van der Waals surface area contributed by atoms with Crippen molar-refractivity contribution < 1.29 is 4.79 Å². The van der Waals surface area contributed by atoms with Gasteiger partial charge in [0, 0.05) is 36.4 Å². The molecule has 1 N–H and O–H groups in total. The topological polar surface area (TPSA) is 77.6 Å². The van der Waals surface area contributed by atoms with E-state index in [9.17, 15) is 4.79 Å². The number of pyridine rings is 1. The van der Waals surface area contributed by atoms with Gasteiger partial charge in [0.25, 0.3) is 0 Å². The molecule has 0 bridgehead atoms. The van der Waals surface area contributed by atoms with Crippen LogP contribution in [0.15, 0.2) is 48.8 Å². The predicted molar refractivity (Wildman–Crippen MR) is 107 cm³/mol. The minimum absolute atomic E-state index is 0.112. The van der Waals surface area contributed by atoms with Crippen molar-refractivity contribution in [2.75, 3.05) is 0 Å². The van der Waals surface area contributed by atoms with Gasteiger partial charge in [-0.15, -0.1) is 0 Å². The number of hydrogen-bond acceptors (Lipinski definition) is 4. The zero-order chi connectivity index (χ0) is 19.7. The number of nitrogens with zero attached hydrogens (tertiary/aromatic N) is 5. The van der Waals surface area contributed by atoms with E-state index in [1.165, 1.54) is 0 Å². The first kappa shape index (κ1) is 17.9. The van der Waals surface area contributed by atoms with Crippen LogP contribution in [0.1, 0.15) is 17.0 Å². The molecule has 28 heavy (non-hydrogen) atoms. The highest BCUT2D eigenvalue weighted by atomic mass is 16.2. The van der Waals surface area contributed by atoms with E-state index in [4.69, 9.17) is 0 Å². The lowest BCUT2D eigenvalue weighted by molar-refractivity contribution is -0.121. The second kappa shape index (κ2) is 7.26. The van der Waals surface area contributed by atoms with E-state index in [1.807, 2.05) is 45.2 Å². The van der Waals surface area contributed by atoms with Crippen molar-refractivity contribution in [3.05, 3.63) is 65.7 Å². The fourth-order valence-electron chi connectivity index (χ4n) is 3.35. The van der Waals surface area contributed by atoms with Crippen LogP contribution in [0.3, 0.4) is 0 Å². The van der Waals surface area contributed by atoms with E-state index in [-0.39, 0.29) is 12.5 Å². The van der Waals surface area contributed by atoms with Crippen LogP contribution >= 0.6 is 0 Å². The van der Waals surface area contributed by atoms with Gasteiger partial charge in [0.2, 0.25) is 5.91 Å². The van der Waals surface area contributed by atoms with Crippen molar-refractivity contribution in [2.24, 2.45) is 7.05 Å². The van der Waals surface area contributed by atoms with E-state index >= 15 is 0 Å². The largest absolute Gasteiger partial charge is 0.350 e. The average molecular weight is 374 g/mol. The van der Waals surface area contributed by atoms with Crippen molar-refractivity contribution >= 4 is 16.9 Å². The summed E-state index contributed by atoms with van der Waals surface area (Å²) in [6.45, 7) is 4.49. The summed E-state index contributed by atoms with van der Waals surface area (Å²) >= 11 is 0. The molecule has 4 aromatic rings. The summed E-state index contributed by atoms with van der Waals surface area (Å²) in [6, 6.07) is 12.1. The Hall–Kier alpha value is -3.48. The zero-order valence-corrected chi connectivity index (χ0v) is 16.2. The number of aromatic nitrogens is 5. The van der Waals surface area contributed by atoms with Crippen LogP contribution in [0.2, 0.25) is 0 Å². The summed E-state index contributed by atoms with van der Waals surface area (Å²) in [5, 5.41) is 12.7. The van der Waals surface area contributed by atoms with Crippen molar-refractivity contribution in [1.82, 2.24) is 29.9 Å². The maximum atomic E-state index is 12.5. The molecule has 0 aliphatic rings. The van der Waals surface area contributed by atoms with Crippen LogP contribution in [0.5, 0.6) is 0 Å². The number of carbonyl (C=O) groups excluding carboxylic acids is 1. The third-order valence-electron chi connectivity index (χ3n) is 5.00. The molecule has 0 spiro atoms. The quantitative estimate of drug-likeness (QED) is 0.583. The van der Waals surface area contributed by atoms with Crippen LogP contribution in [0.4, 0.5) is 0 Å². The lowest BCUT2D eigenvalue weighted by atomic mass is 10.0. The third kappa shape index (κ3) is 3.26. The van der Waals surface area contributed by atoms with Crippen LogP contribution < -0.4 is 5.32 Å². The fourth-order valence-corrected chi connectivity index (χ4v) is 3.35. The van der Waals surface area contributed by atoms with Gasteiger partial charge in [-0.1, -0.05) is 30.3 Å². The van der Waals surface area contributed by atoms with Gasteiger partial charge in [-0.2, -0.15) is 10.2 Å². The molecule has 0 saturated heterocycles. The fraction of sp³-hybridized carbons (Fsp3) is 0.238. The molecule has 1 amide bonds. The molecule has 7 heteroatoms. The molecule has 4 rings (SSSR count). The second-order valence-corrected chi connectivity index (χ2v) is 6.82. The van der Waals surface area contributed by atoms with Crippen molar-refractivity contribution in [2.45, 2.75) is 26.9 Å². The summed E-state index contributed by atoms with van der Waals surface area (Å²) in [5.41, 5.74) is 5.79. The van der Waals surface area contributed by atoms with Gasteiger partial charge in [-0.25, -0.2) is 9.67 Å². The van der Waals surface area contributed by atoms with Crippen molar-refractivity contribution in [3.8, 4) is 11.1 Å². The Balaban J connectivity index is 1.58. The molecular weight excluding hydrogens is 352 g/mol. The number of fused-ring (bicyclic) bond motifs is 1. The summed E-state index contributed by atoms with van der Waals surface area (Å²) in [6.07, 6.45) is 3.54. The van der Waals surface area contributed by atoms with Crippen LogP contribution in [0, 0.1) is 13.8 Å². The first-order valence-electron chi connectivity index (χ1n) is 9.16. The third-order valence-corrected chi connectivity index (χ3v) is 5.00. The number of hydrogen-bond donors (Lipinski definition) is 1. The average Bonchev–Trinajstić information content (AvgIpc) is 3.20. The van der Waals surface area contributed by atoms with E-state index in [1.54, 1.807) is 21.8 Å². The minimum atomic E-state index is -0.112. The first-order chi connectivity index (χ1) is 13.5. The number of carbonyl (C=O) groups is 1. The maximum absolute atomic E-state index is 12.5. The lowest BCUT2D eigenvalue weighted by Crippen LogP contribution is -2.27. The monoisotopic (exact) mass is 374 g/mol. The number of amides is 1. The van der Waals surface area contributed by atoms with Gasteiger partial charge in [0.1, 0.15) is 6.54 Å². The Morgan fingerprint density at radius 1 is 1.14 bits per heavy atom. The number of rotatable bonds is 5. The van der Waals surface area contributed by atoms with Crippen LogP contribution in [0.25, 0.3) is 22.2 Å². The SMILES string of the molecule is Cc1nn(CC(=O)NCc2cnn(C)c2C)c2nccc(-c3ccccc3)c12. The van der Waals surface area contributed by atoms with Crippen molar-refractivity contribution in [3.63, 3.8) is 0 Å². The van der Waals surface area contributed by atoms with E-state index in [0.29, 0.717) is 12.2 Å². The van der Waals surface area contributed by atoms with Crippen LogP contribution in [-0.4, -0.2) is 30.5 Å². The molecule has 7 nitrogen and oxygen atoms in total. The van der Waals surface area contributed by atoms with E-state index < -0.39 is 0 Å². The Morgan fingerprint density at radius 2 is 1.93 bits per heavy atom. The highest BCUT2D eigenvalue weighted by Crippen LogP contribution is 2.29. The highest BCUT2D eigenvalue weighted by molar-refractivity contribution is 5.95. The van der Waals surface area contributed by atoms with E-state index in [2.05, 4.69) is 32.6 Å².